The molecule has 1 saturated heterocycles. The summed E-state index contributed by atoms with van der Waals surface area (Å²) >= 11 is 1.86. The number of fused-ring (bicyclic) bond motifs is 1. The summed E-state index contributed by atoms with van der Waals surface area (Å²) in [5, 5.41) is 8.18. The van der Waals surface area contributed by atoms with Crippen molar-refractivity contribution in [2.45, 2.75) is 43.0 Å². The van der Waals surface area contributed by atoms with Crippen molar-refractivity contribution in [1.29, 1.82) is 0 Å². The first-order chi connectivity index (χ1) is 12.8. The van der Waals surface area contributed by atoms with Crippen LogP contribution >= 0.6 is 11.8 Å². The van der Waals surface area contributed by atoms with Crippen molar-refractivity contribution >= 4 is 17.6 Å². The molecule has 0 aromatic carbocycles. The van der Waals surface area contributed by atoms with Crippen LogP contribution in [0.4, 0.5) is 5.82 Å². The van der Waals surface area contributed by atoms with Crippen LogP contribution in [-0.4, -0.2) is 44.8 Å². The highest BCUT2D eigenvalue weighted by atomic mass is 32.2. The normalized spacial score (nSPS) is 25.1. The maximum absolute atomic E-state index is 12.6. The molecule has 4 heterocycles. The lowest BCUT2D eigenvalue weighted by molar-refractivity contribution is 0.182. The number of rotatable bonds is 4. The molecule has 2 atom stereocenters. The van der Waals surface area contributed by atoms with Crippen LogP contribution in [0, 0.1) is 0 Å². The first kappa shape index (κ1) is 16.3. The molecule has 2 aromatic heterocycles. The Morgan fingerprint density at radius 2 is 2.12 bits per heavy atom. The highest BCUT2D eigenvalue weighted by Crippen LogP contribution is 2.41. The molecule has 5 rings (SSSR count). The van der Waals surface area contributed by atoms with Gasteiger partial charge in [-0.15, -0.1) is 0 Å². The smallest absolute Gasteiger partial charge is 0.267 e. The molecule has 26 heavy (non-hydrogen) atoms. The van der Waals surface area contributed by atoms with Gasteiger partial charge in [-0.3, -0.25) is 9.78 Å². The third kappa shape index (κ3) is 3.01. The van der Waals surface area contributed by atoms with Crippen LogP contribution in [0.5, 0.6) is 0 Å². The fraction of sp³-hybridized carbons (Fsp3) is 0.556. The van der Waals surface area contributed by atoms with E-state index in [4.69, 9.17) is 9.84 Å². The van der Waals surface area contributed by atoms with Crippen molar-refractivity contribution in [1.82, 2.24) is 19.7 Å². The van der Waals surface area contributed by atoms with Crippen LogP contribution in [0.1, 0.15) is 41.8 Å². The molecule has 8 heteroatoms. The van der Waals surface area contributed by atoms with E-state index in [1.54, 1.807) is 23.1 Å². The Morgan fingerprint density at radius 1 is 1.23 bits per heavy atom. The average molecular weight is 371 g/mol. The molecule has 0 radical (unpaired) electrons. The predicted octanol–water partition coefficient (Wildman–Crippen LogP) is 1.75. The van der Waals surface area contributed by atoms with Gasteiger partial charge in [0.05, 0.1) is 30.6 Å². The zero-order valence-electron chi connectivity index (χ0n) is 14.4. The number of thioether (sulfide) groups is 1. The second-order valence-corrected chi connectivity index (χ2v) is 8.23. The van der Waals surface area contributed by atoms with E-state index >= 15 is 0 Å². The Balaban J connectivity index is 1.44. The van der Waals surface area contributed by atoms with Gasteiger partial charge in [-0.2, -0.15) is 16.9 Å². The van der Waals surface area contributed by atoms with Crippen molar-refractivity contribution in [3.05, 3.63) is 45.8 Å². The molecule has 0 bridgehead atoms. The maximum atomic E-state index is 12.6. The summed E-state index contributed by atoms with van der Waals surface area (Å²) in [5.74, 6) is 3.27. The number of aryl methyl sites for hydroxylation is 1. The van der Waals surface area contributed by atoms with Gasteiger partial charge in [-0.25, -0.2) is 9.67 Å². The lowest BCUT2D eigenvalue weighted by Gasteiger charge is -2.23. The average Bonchev–Trinajstić information content (AvgIpc) is 3.41. The van der Waals surface area contributed by atoms with Crippen LogP contribution in [0.2, 0.25) is 0 Å². The van der Waals surface area contributed by atoms with Crippen LogP contribution in [-0.2, 0) is 16.9 Å². The summed E-state index contributed by atoms with van der Waals surface area (Å²) in [6.45, 7) is 1.02. The van der Waals surface area contributed by atoms with Crippen LogP contribution in [0.3, 0.4) is 0 Å². The summed E-state index contributed by atoms with van der Waals surface area (Å²) in [5.41, 5.74) is 3.11. The van der Waals surface area contributed by atoms with Gasteiger partial charge in [0.1, 0.15) is 11.9 Å². The zero-order chi connectivity index (χ0) is 17.5. The molecule has 0 amide bonds. The van der Waals surface area contributed by atoms with Crippen LogP contribution in [0.15, 0.2) is 23.3 Å². The Bertz CT molecular complexity index is 882. The Hall–Kier alpha value is -1.93. The van der Waals surface area contributed by atoms with Crippen LogP contribution < -0.4 is 10.9 Å². The summed E-state index contributed by atoms with van der Waals surface area (Å²) < 4.78 is 7.31. The molecule has 1 saturated carbocycles. The molecule has 2 aliphatic heterocycles. The maximum Gasteiger partial charge on any atom is 0.267 e. The molecule has 2 fully saturated rings. The third-order valence-electron chi connectivity index (χ3n) is 5.24. The number of ether oxygens (including phenoxy) is 1. The molecule has 3 aliphatic rings. The van der Waals surface area contributed by atoms with E-state index in [2.05, 4.69) is 15.3 Å². The van der Waals surface area contributed by atoms with E-state index in [-0.39, 0.29) is 17.6 Å². The van der Waals surface area contributed by atoms with E-state index in [9.17, 15) is 4.79 Å². The fourth-order valence-corrected chi connectivity index (χ4v) is 4.63. The van der Waals surface area contributed by atoms with E-state index in [0.29, 0.717) is 19.1 Å². The Kier molecular flexibility index (Phi) is 4.17. The monoisotopic (exact) mass is 371 g/mol. The Labute approximate surface area is 155 Å². The minimum Gasteiger partial charge on any atom is -0.377 e. The lowest BCUT2D eigenvalue weighted by atomic mass is 10.1. The minimum atomic E-state index is -0.128. The first-order valence-corrected chi connectivity index (χ1v) is 10.3. The molecule has 0 spiro atoms. The van der Waals surface area contributed by atoms with E-state index in [1.165, 1.54) is 12.8 Å². The highest BCUT2D eigenvalue weighted by Gasteiger charge is 2.35. The van der Waals surface area contributed by atoms with Gasteiger partial charge < -0.3 is 10.1 Å². The summed E-state index contributed by atoms with van der Waals surface area (Å²) in [4.78, 5) is 21.6. The molecule has 136 valence electrons. The molecule has 7 nitrogen and oxygen atoms in total. The summed E-state index contributed by atoms with van der Waals surface area (Å²) in [6, 6.07) is 1.59. The fourth-order valence-electron chi connectivity index (χ4n) is 3.68. The van der Waals surface area contributed by atoms with E-state index in [0.717, 1.165) is 40.7 Å². The van der Waals surface area contributed by atoms with Gasteiger partial charge in [0.2, 0.25) is 0 Å². The number of hydrogen-bond donors (Lipinski definition) is 1. The quantitative estimate of drug-likeness (QED) is 0.877. The van der Waals surface area contributed by atoms with Gasteiger partial charge in [0, 0.05) is 36.6 Å². The van der Waals surface area contributed by atoms with Crippen molar-refractivity contribution in [2.75, 3.05) is 24.3 Å². The van der Waals surface area contributed by atoms with Gasteiger partial charge in [0.25, 0.3) is 5.56 Å². The summed E-state index contributed by atoms with van der Waals surface area (Å²) in [6.07, 6.45) is 6.71. The van der Waals surface area contributed by atoms with Crippen molar-refractivity contribution in [2.24, 2.45) is 0 Å². The van der Waals surface area contributed by atoms with Gasteiger partial charge in [-0.05, 0) is 24.2 Å². The van der Waals surface area contributed by atoms with Crippen molar-refractivity contribution < 1.29 is 4.74 Å². The minimum absolute atomic E-state index is 0.0367. The highest BCUT2D eigenvalue weighted by molar-refractivity contribution is 7.98. The summed E-state index contributed by atoms with van der Waals surface area (Å²) in [7, 11) is 0. The van der Waals surface area contributed by atoms with Crippen molar-refractivity contribution in [3.63, 3.8) is 0 Å². The number of nitrogens with one attached hydrogen (secondary N) is 1. The van der Waals surface area contributed by atoms with Gasteiger partial charge >= 0.3 is 0 Å². The predicted molar refractivity (Wildman–Crippen MR) is 99.6 cm³/mol. The number of nitrogens with zero attached hydrogens (tertiary/aromatic N) is 4. The largest absolute Gasteiger partial charge is 0.377 e. The van der Waals surface area contributed by atoms with Crippen LogP contribution in [0.25, 0.3) is 0 Å². The zero-order valence-corrected chi connectivity index (χ0v) is 15.2. The standard InChI is InChI=1S/C18H21N5O2S/c24-16-7-12-10-26-6-3-13(12)22-23(16)15-9-25-8-14(15)21-18-17(11-1-2-11)19-4-5-20-18/h4-5,7,11,14-15H,1-3,6,8-10H2,(H,20,21). The lowest BCUT2D eigenvalue weighted by Crippen LogP contribution is -2.38. The topological polar surface area (TPSA) is 81.9 Å². The van der Waals surface area contributed by atoms with Crippen molar-refractivity contribution in [3.8, 4) is 0 Å². The Morgan fingerprint density at radius 3 is 3.00 bits per heavy atom. The van der Waals surface area contributed by atoms with Gasteiger partial charge in [0.15, 0.2) is 0 Å². The molecular weight excluding hydrogens is 350 g/mol. The molecule has 2 aromatic rings. The number of aromatic nitrogens is 4. The SMILES string of the molecule is O=c1cc2c(nn1C1COCC1Nc1nccnc1C1CC1)CCSC2. The van der Waals surface area contributed by atoms with E-state index < -0.39 is 0 Å². The van der Waals surface area contributed by atoms with Gasteiger partial charge in [-0.1, -0.05) is 0 Å². The number of hydrogen-bond acceptors (Lipinski definition) is 7. The second-order valence-electron chi connectivity index (χ2n) is 7.12. The first-order valence-electron chi connectivity index (χ1n) is 9.14. The second kappa shape index (κ2) is 6.66. The molecule has 2 unspecified atom stereocenters. The molecular formula is C18H21N5O2S. The molecule has 1 N–H and O–H groups in total. The molecule has 1 aliphatic carbocycles. The third-order valence-corrected chi connectivity index (χ3v) is 6.25. The number of anilines is 1. The van der Waals surface area contributed by atoms with E-state index in [1.807, 2.05) is 11.8 Å².